The van der Waals surface area contributed by atoms with Gasteiger partial charge in [-0.3, -0.25) is 0 Å². The topological polar surface area (TPSA) is 0 Å². The molecule has 0 saturated heterocycles. The summed E-state index contributed by atoms with van der Waals surface area (Å²) in [6.45, 7) is 5.85. The molecule has 0 aromatic heterocycles. The third kappa shape index (κ3) is 32.4. The molecule has 0 N–H and O–H groups in total. The van der Waals surface area contributed by atoms with Crippen molar-refractivity contribution in [3.05, 3.63) is 0 Å². The maximum Gasteiger partial charge on any atom is 0.0780 e. The summed E-state index contributed by atoms with van der Waals surface area (Å²) < 4.78 is 1.12. The predicted octanol–water partition coefficient (Wildman–Crippen LogP) is 8.20. The lowest BCUT2D eigenvalue weighted by Gasteiger charge is -2.23. The smallest absolute Gasteiger partial charge is 0.0780 e. The van der Waals surface area contributed by atoms with E-state index in [2.05, 4.69) is 35.0 Å². The highest BCUT2D eigenvalue weighted by atomic mass is 35.5. The van der Waals surface area contributed by atoms with Crippen molar-refractivity contribution in [3.8, 4) is 0 Å². The van der Waals surface area contributed by atoms with Gasteiger partial charge in [-0.1, -0.05) is 97.3 Å². The van der Waals surface area contributed by atoms with Crippen LogP contribution in [0.2, 0.25) is 0 Å². The van der Waals surface area contributed by atoms with Gasteiger partial charge in [0.15, 0.2) is 0 Å². The first kappa shape index (κ1) is 27.5. The van der Waals surface area contributed by atoms with Crippen molar-refractivity contribution in [3.63, 3.8) is 0 Å². The van der Waals surface area contributed by atoms with Gasteiger partial charge in [0.05, 0.1) is 27.7 Å². The Hall–Kier alpha value is 0.250. The van der Waals surface area contributed by atoms with Crippen LogP contribution in [-0.2, 0) is 0 Å². The lowest BCUT2D eigenvalue weighted by Crippen LogP contribution is -2.35. The minimum atomic E-state index is 0.839. The highest BCUT2D eigenvalue weighted by Gasteiger charge is 2.04. The van der Waals surface area contributed by atoms with Crippen LogP contribution in [0, 0.1) is 0 Å². The first-order chi connectivity index (χ1) is 12.0. The first-order valence-electron chi connectivity index (χ1n) is 11.3. The Labute approximate surface area is 166 Å². The van der Waals surface area contributed by atoms with E-state index in [9.17, 15) is 0 Å². The van der Waals surface area contributed by atoms with Gasteiger partial charge in [0.2, 0.25) is 0 Å². The van der Waals surface area contributed by atoms with Crippen LogP contribution in [0.3, 0.4) is 0 Å². The minimum Gasteiger partial charge on any atom is -0.331 e. The van der Waals surface area contributed by atoms with E-state index in [-0.39, 0.29) is 0 Å². The van der Waals surface area contributed by atoms with Gasteiger partial charge in [-0.25, -0.2) is 0 Å². The van der Waals surface area contributed by atoms with E-state index >= 15 is 0 Å². The zero-order valence-corrected chi connectivity index (χ0v) is 19.3. The summed E-state index contributed by atoms with van der Waals surface area (Å²) in [6.07, 6.45) is 22.4. The van der Waals surface area contributed by atoms with Crippen molar-refractivity contribution in [2.75, 3.05) is 33.6 Å². The highest BCUT2D eigenvalue weighted by Crippen LogP contribution is 2.11. The molecule has 0 spiro atoms. The maximum absolute atomic E-state index is 5.51. The van der Waals surface area contributed by atoms with Crippen molar-refractivity contribution in [1.29, 1.82) is 0 Å². The Bertz CT molecular complexity index is 217. The summed E-state index contributed by atoms with van der Waals surface area (Å²) in [7, 11) is 6.86. The summed E-state index contributed by atoms with van der Waals surface area (Å²) in [6, 6.07) is 0. The fourth-order valence-corrected chi connectivity index (χ4v) is 3.14. The Morgan fingerprint density at radius 2 is 0.800 bits per heavy atom. The molecule has 0 atom stereocenters. The van der Waals surface area contributed by atoms with E-state index in [1.807, 2.05) is 0 Å². The summed E-state index contributed by atoms with van der Waals surface area (Å²) in [5.41, 5.74) is 0. The molecule has 0 saturated carbocycles. The number of alkyl halides is 1. The molecule has 25 heavy (non-hydrogen) atoms. The van der Waals surface area contributed by atoms with E-state index < -0.39 is 0 Å². The second kappa shape index (κ2) is 22.3. The molecule has 0 aromatic rings. The largest absolute Gasteiger partial charge is 0.331 e. The Morgan fingerprint density at radius 3 is 1.12 bits per heavy atom. The molecule has 0 fully saturated rings. The van der Waals surface area contributed by atoms with Crippen molar-refractivity contribution < 1.29 is 4.48 Å². The van der Waals surface area contributed by atoms with Crippen LogP contribution < -0.4 is 0 Å². The van der Waals surface area contributed by atoms with Crippen molar-refractivity contribution in [2.24, 2.45) is 0 Å². The quantitative estimate of drug-likeness (QED) is 0.136. The first-order valence-corrected chi connectivity index (χ1v) is 11.9. The summed E-state index contributed by atoms with van der Waals surface area (Å²) in [4.78, 5) is 0. The third-order valence-electron chi connectivity index (χ3n) is 4.67. The molecular weight excluding hydrogens is 326 g/mol. The van der Waals surface area contributed by atoms with Crippen LogP contribution in [-0.4, -0.2) is 38.1 Å². The standard InChI is InChI=1S/C15H34N.C8H17Cl/c1-5-6-7-8-9-10-11-12-13-14-15-16(2,3)4;1-2-3-4-5-6-7-8-9/h5-15H2,1-4H3;2-8H2,1H3/q+1;. The number of nitrogens with zero attached hydrogens (tertiary/aromatic N) is 1. The highest BCUT2D eigenvalue weighted by molar-refractivity contribution is 6.17. The molecule has 0 aliphatic carbocycles. The van der Waals surface area contributed by atoms with Crippen LogP contribution in [0.1, 0.15) is 117 Å². The van der Waals surface area contributed by atoms with Crippen LogP contribution >= 0.6 is 11.6 Å². The number of hydrogen-bond acceptors (Lipinski definition) is 0. The molecule has 0 radical (unpaired) electrons. The lowest BCUT2D eigenvalue weighted by atomic mass is 10.1. The molecule has 0 aliphatic heterocycles. The molecule has 0 rings (SSSR count). The van der Waals surface area contributed by atoms with E-state index in [0.29, 0.717) is 0 Å². The number of rotatable bonds is 17. The van der Waals surface area contributed by atoms with E-state index in [4.69, 9.17) is 11.6 Å². The van der Waals surface area contributed by atoms with Crippen molar-refractivity contribution in [2.45, 2.75) is 117 Å². The molecular formula is C23H51ClN+. The fourth-order valence-electron chi connectivity index (χ4n) is 2.95. The number of hydrogen-bond donors (Lipinski definition) is 0. The number of halogens is 1. The van der Waals surface area contributed by atoms with Crippen LogP contribution in [0.25, 0.3) is 0 Å². The molecule has 0 heterocycles. The second-order valence-electron chi connectivity index (χ2n) is 8.65. The van der Waals surface area contributed by atoms with Crippen LogP contribution in [0.5, 0.6) is 0 Å². The molecule has 0 aliphatic rings. The zero-order valence-electron chi connectivity index (χ0n) is 18.6. The SMILES string of the molecule is CCCCCCCCCCCC[N+](C)(C)C.CCCCCCCCCl. The molecule has 1 nitrogen and oxygen atoms in total. The average molecular weight is 377 g/mol. The van der Waals surface area contributed by atoms with Gasteiger partial charge in [-0.2, -0.15) is 0 Å². The molecule has 0 amide bonds. The molecule has 154 valence electrons. The normalized spacial score (nSPS) is 11.3. The molecule has 0 aromatic carbocycles. The van der Waals surface area contributed by atoms with Gasteiger partial charge in [-0.15, -0.1) is 11.6 Å². The predicted molar refractivity (Wildman–Crippen MR) is 119 cm³/mol. The Kier molecular flexibility index (Phi) is 24.5. The second-order valence-corrected chi connectivity index (χ2v) is 9.03. The fraction of sp³-hybridized carbons (Fsp3) is 1.00. The van der Waals surface area contributed by atoms with E-state index in [1.54, 1.807) is 0 Å². The summed E-state index contributed by atoms with van der Waals surface area (Å²) in [5, 5.41) is 0. The minimum absolute atomic E-state index is 0.839. The zero-order chi connectivity index (χ0) is 19.2. The summed E-state index contributed by atoms with van der Waals surface area (Å²) >= 11 is 5.51. The molecule has 0 unspecified atom stereocenters. The lowest BCUT2D eigenvalue weighted by molar-refractivity contribution is -0.870. The van der Waals surface area contributed by atoms with Gasteiger partial charge >= 0.3 is 0 Å². The van der Waals surface area contributed by atoms with Gasteiger partial charge in [-0.05, 0) is 19.3 Å². The van der Waals surface area contributed by atoms with Gasteiger partial charge in [0, 0.05) is 5.88 Å². The van der Waals surface area contributed by atoms with Crippen LogP contribution in [0.4, 0.5) is 0 Å². The van der Waals surface area contributed by atoms with E-state index in [1.165, 1.54) is 109 Å². The monoisotopic (exact) mass is 376 g/mol. The van der Waals surface area contributed by atoms with Crippen LogP contribution in [0.15, 0.2) is 0 Å². The number of quaternary nitrogens is 1. The van der Waals surface area contributed by atoms with Gasteiger partial charge < -0.3 is 4.48 Å². The average Bonchev–Trinajstić information content (AvgIpc) is 2.56. The molecule has 2 heteroatoms. The van der Waals surface area contributed by atoms with Gasteiger partial charge in [0.1, 0.15) is 0 Å². The Morgan fingerprint density at radius 1 is 0.480 bits per heavy atom. The van der Waals surface area contributed by atoms with Gasteiger partial charge in [0.25, 0.3) is 0 Å². The Balaban J connectivity index is 0. The summed E-state index contributed by atoms with van der Waals surface area (Å²) in [5.74, 6) is 0.839. The maximum atomic E-state index is 5.51. The molecule has 0 bridgehead atoms. The third-order valence-corrected chi connectivity index (χ3v) is 4.94. The van der Waals surface area contributed by atoms with Crippen molar-refractivity contribution >= 4 is 11.6 Å². The number of unbranched alkanes of at least 4 members (excludes halogenated alkanes) is 14. The van der Waals surface area contributed by atoms with E-state index in [0.717, 1.165) is 10.4 Å². The van der Waals surface area contributed by atoms with Crippen molar-refractivity contribution in [1.82, 2.24) is 0 Å².